The van der Waals surface area contributed by atoms with Crippen molar-refractivity contribution in [3.05, 3.63) is 114 Å². The van der Waals surface area contributed by atoms with Crippen LogP contribution < -0.4 is 24.9 Å². The highest BCUT2D eigenvalue weighted by Crippen LogP contribution is 2.33. The van der Waals surface area contributed by atoms with Gasteiger partial charge >= 0.3 is 6.61 Å². The number of amides is 1. The van der Waals surface area contributed by atoms with Gasteiger partial charge < -0.3 is 10.1 Å². The summed E-state index contributed by atoms with van der Waals surface area (Å²) >= 11 is 2.56. The summed E-state index contributed by atoms with van der Waals surface area (Å²) in [7, 11) is 0. The Morgan fingerprint density at radius 2 is 1.86 bits per heavy atom. The van der Waals surface area contributed by atoms with Crippen molar-refractivity contribution in [3.63, 3.8) is 0 Å². The highest BCUT2D eigenvalue weighted by Gasteiger charge is 2.33. The largest absolute Gasteiger partial charge is 0.434 e. The number of hydrogen-bond donors (Lipinski definition) is 1. The highest BCUT2D eigenvalue weighted by atomic mass is 32.1. The molecule has 0 unspecified atom stereocenters. The summed E-state index contributed by atoms with van der Waals surface area (Å²) < 4.78 is 32.1. The maximum atomic E-state index is 13.6. The number of carbonyl (C=O) groups is 1. The Kier molecular flexibility index (Phi) is 6.62. The third kappa shape index (κ3) is 4.65. The topological polar surface area (TPSA) is 72.7 Å². The second-order valence-electron chi connectivity index (χ2n) is 7.83. The fourth-order valence-corrected chi connectivity index (χ4v) is 5.85. The van der Waals surface area contributed by atoms with E-state index in [2.05, 4.69) is 15.0 Å². The number of anilines is 1. The molecule has 5 rings (SSSR count). The number of thiophene rings is 1. The first-order valence-electron chi connectivity index (χ1n) is 10.9. The number of nitrogens with one attached hydrogen (secondary N) is 1. The highest BCUT2D eigenvalue weighted by molar-refractivity contribution is 7.10. The Balaban J connectivity index is 1.64. The molecule has 2 aromatic carbocycles. The first-order chi connectivity index (χ1) is 17.4. The van der Waals surface area contributed by atoms with Gasteiger partial charge in [0.25, 0.3) is 11.5 Å². The lowest BCUT2D eigenvalue weighted by molar-refractivity contribution is -0.113. The number of aromatic nitrogens is 1. The molecule has 1 N–H and O–H groups in total. The smallest absolute Gasteiger partial charge is 0.387 e. The molecule has 6 nitrogen and oxygen atoms in total. The minimum absolute atomic E-state index is 0.0350. The number of allylic oxidation sites excluding steroid dienone is 1. The summed E-state index contributed by atoms with van der Waals surface area (Å²) in [6, 6.07) is 18.4. The molecule has 0 saturated heterocycles. The Morgan fingerprint density at radius 1 is 1.11 bits per heavy atom. The molecule has 1 aliphatic heterocycles. The van der Waals surface area contributed by atoms with Gasteiger partial charge in [-0.3, -0.25) is 14.2 Å². The van der Waals surface area contributed by atoms with Crippen LogP contribution in [-0.2, 0) is 4.79 Å². The molecular formula is C26H19F2N3O3S2. The molecule has 0 spiro atoms. The molecular weight excluding hydrogens is 504 g/mol. The van der Waals surface area contributed by atoms with Gasteiger partial charge in [0.15, 0.2) is 4.80 Å². The zero-order valence-corrected chi connectivity index (χ0v) is 20.5. The Hall–Kier alpha value is -3.89. The third-order valence-electron chi connectivity index (χ3n) is 5.53. The minimum Gasteiger partial charge on any atom is -0.434 e. The summed E-state index contributed by atoms with van der Waals surface area (Å²) in [6.45, 7) is -1.25. The average molecular weight is 524 g/mol. The van der Waals surface area contributed by atoms with Crippen LogP contribution >= 0.6 is 22.7 Å². The van der Waals surface area contributed by atoms with Crippen LogP contribution in [-0.4, -0.2) is 17.1 Å². The second kappa shape index (κ2) is 10.00. The van der Waals surface area contributed by atoms with Gasteiger partial charge in [0.2, 0.25) is 0 Å². The fraction of sp³-hybridized carbons (Fsp3) is 0.115. The molecule has 0 radical (unpaired) electrons. The van der Waals surface area contributed by atoms with E-state index >= 15 is 0 Å². The summed E-state index contributed by atoms with van der Waals surface area (Å²) in [6.07, 6.45) is 1.51. The monoisotopic (exact) mass is 523 g/mol. The lowest BCUT2D eigenvalue weighted by Crippen LogP contribution is -2.40. The van der Waals surface area contributed by atoms with E-state index in [1.807, 2.05) is 35.7 Å². The van der Waals surface area contributed by atoms with Crippen LogP contribution in [0.4, 0.5) is 14.5 Å². The predicted octanol–water partition coefficient (Wildman–Crippen LogP) is 4.54. The second-order valence-corrected chi connectivity index (χ2v) is 9.82. The van der Waals surface area contributed by atoms with Crippen LogP contribution in [0.3, 0.4) is 0 Å². The number of ether oxygens (including phenoxy) is 1. The Morgan fingerprint density at radius 3 is 2.58 bits per heavy atom. The van der Waals surface area contributed by atoms with E-state index in [9.17, 15) is 18.4 Å². The van der Waals surface area contributed by atoms with Gasteiger partial charge in [0, 0.05) is 16.1 Å². The predicted molar refractivity (Wildman–Crippen MR) is 136 cm³/mol. The van der Waals surface area contributed by atoms with Crippen LogP contribution in [0.15, 0.2) is 93.2 Å². The lowest BCUT2D eigenvalue weighted by Gasteiger charge is -2.24. The van der Waals surface area contributed by atoms with Crippen molar-refractivity contribution in [2.45, 2.75) is 19.6 Å². The van der Waals surface area contributed by atoms with Crippen LogP contribution in [0, 0.1) is 0 Å². The molecule has 36 heavy (non-hydrogen) atoms. The molecule has 2 aromatic heterocycles. The van der Waals surface area contributed by atoms with Gasteiger partial charge in [-0.25, -0.2) is 4.99 Å². The zero-order valence-electron chi connectivity index (χ0n) is 18.9. The zero-order chi connectivity index (χ0) is 25.2. The molecule has 0 saturated carbocycles. The molecule has 3 heterocycles. The number of alkyl halides is 2. The SMILES string of the molecule is CC1=C(C(=O)Nc2ccccc2)[C@H](c2cccs2)n2c(s/c(=C/c3ccccc3OC(F)F)c2=O)=N1. The van der Waals surface area contributed by atoms with Gasteiger partial charge in [0.1, 0.15) is 11.8 Å². The number of nitrogens with zero attached hydrogens (tertiary/aromatic N) is 2. The third-order valence-corrected chi connectivity index (χ3v) is 7.44. The molecule has 0 bridgehead atoms. The summed E-state index contributed by atoms with van der Waals surface area (Å²) in [5.74, 6) is -0.391. The van der Waals surface area contributed by atoms with E-state index in [-0.39, 0.29) is 21.7 Å². The summed E-state index contributed by atoms with van der Waals surface area (Å²) in [5.41, 5.74) is 1.45. The number of hydrogen-bond acceptors (Lipinski definition) is 6. The van der Waals surface area contributed by atoms with E-state index in [0.717, 1.165) is 16.2 Å². The van der Waals surface area contributed by atoms with Gasteiger partial charge in [0.05, 0.1) is 15.8 Å². The maximum absolute atomic E-state index is 13.6. The first kappa shape index (κ1) is 23.8. The van der Waals surface area contributed by atoms with Gasteiger partial charge in [-0.15, -0.1) is 11.3 Å². The van der Waals surface area contributed by atoms with Crippen LogP contribution in [0.25, 0.3) is 6.08 Å². The fourth-order valence-electron chi connectivity index (χ4n) is 3.99. The number of benzene rings is 2. The van der Waals surface area contributed by atoms with Gasteiger partial charge in [-0.05, 0) is 42.6 Å². The van der Waals surface area contributed by atoms with Crippen molar-refractivity contribution in [1.82, 2.24) is 4.57 Å². The first-order valence-corrected chi connectivity index (χ1v) is 12.6. The number of para-hydroxylation sites is 2. The number of carbonyl (C=O) groups excluding carboxylic acids is 1. The molecule has 0 aliphatic carbocycles. The molecule has 1 atom stereocenters. The Bertz CT molecular complexity index is 1620. The minimum atomic E-state index is -2.99. The molecule has 1 amide bonds. The number of thiazole rings is 1. The van der Waals surface area contributed by atoms with Crippen molar-refractivity contribution < 1.29 is 18.3 Å². The van der Waals surface area contributed by atoms with E-state index in [0.29, 0.717) is 27.3 Å². The van der Waals surface area contributed by atoms with Crippen molar-refractivity contribution in [1.29, 1.82) is 0 Å². The molecule has 182 valence electrons. The summed E-state index contributed by atoms with van der Waals surface area (Å²) in [4.78, 5) is 32.9. The molecule has 4 aromatic rings. The van der Waals surface area contributed by atoms with E-state index in [4.69, 9.17) is 0 Å². The van der Waals surface area contributed by atoms with Crippen LogP contribution in [0.1, 0.15) is 23.4 Å². The number of fused-ring (bicyclic) bond motifs is 1. The molecule has 10 heteroatoms. The number of halogens is 2. The lowest BCUT2D eigenvalue weighted by atomic mass is 10.0. The van der Waals surface area contributed by atoms with Crippen molar-refractivity contribution in [3.8, 4) is 5.75 Å². The van der Waals surface area contributed by atoms with Crippen LogP contribution in [0.2, 0.25) is 0 Å². The Labute approximate surface area is 212 Å². The van der Waals surface area contributed by atoms with Crippen molar-refractivity contribution >= 4 is 40.3 Å². The van der Waals surface area contributed by atoms with Crippen LogP contribution in [0.5, 0.6) is 5.75 Å². The normalized spacial score (nSPS) is 15.6. The van der Waals surface area contributed by atoms with Crippen molar-refractivity contribution in [2.75, 3.05) is 5.32 Å². The average Bonchev–Trinajstić information content (AvgIpc) is 3.48. The summed E-state index contributed by atoms with van der Waals surface area (Å²) in [5, 5.41) is 4.78. The van der Waals surface area contributed by atoms with Crippen molar-refractivity contribution in [2.24, 2.45) is 4.99 Å². The van der Waals surface area contributed by atoms with Gasteiger partial charge in [-0.1, -0.05) is 53.8 Å². The standard InChI is InChI=1S/C26H19F2N3O3S2/c1-15-21(23(32)30-17-9-3-2-4-10-17)22(19-12-7-13-35-19)31-24(33)20(36-26(31)29-15)14-16-8-5-6-11-18(16)34-25(27)28/h2-14,22,25H,1H3,(H,30,32)/b20-14+/t22-/m0/s1. The van der Waals surface area contributed by atoms with E-state index in [1.54, 1.807) is 37.3 Å². The van der Waals surface area contributed by atoms with Gasteiger partial charge in [-0.2, -0.15) is 8.78 Å². The van der Waals surface area contributed by atoms with E-state index < -0.39 is 12.7 Å². The maximum Gasteiger partial charge on any atom is 0.387 e. The quantitative estimate of drug-likeness (QED) is 0.404. The van der Waals surface area contributed by atoms with E-state index in [1.165, 1.54) is 28.0 Å². The molecule has 1 aliphatic rings. The molecule has 0 fully saturated rings. The number of rotatable bonds is 6.